The second-order valence-corrected chi connectivity index (χ2v) is 7.36. The lowest BCUT2D eigenvalue weighted by Crippen LogP contribution is -2.40. The maximum absolute atomic E-state index is 13.3. The third-order valence-electron chi connectivity index (χ3n) is 5.23. The molecule has 0 saturated heterocycles. The Bertz CT molecular complexity index is 1510. The molecule has 2 aromatic carbocycles. The van der Waals surface area contributed by atoms with Gasteiger partial charge in [0.05, 0.1) is 42.1 Å². The number of carbonyl (C=O) groups is 1. The predicted molar refractivity (Wildman–Crippen MR) is 115 cm³/mol. The van der Waals surface area contributed by atoms with E-state index < -0.39 is 41.4 Å². The number of nitrogens with zero attached hydrogens (tertiary/aromatic N) is 5. The Morgan fingerprint density at radius 1 is 1.09 bits per heavy atom. The number of ether oxygens (including phenoxy) is 1. The minimum atomic E-state index is -4.63. The average molecular weight is 487 g/mol. The maximum atomic E-state index is 13.3. The number of carboxylic acid groups (broad SMARTS) is 1. The van der Waals surface area contributed by atoms with Gasteiger partial charge in [-0.2, -0.15) is 13.2 Å². The molecule has 10 nitrogen and oxygen atoms in total. The molecule has 0 radical (unpaired) electrons. The van der Waals surface area contributed by atoms with E-state index >= 15 is 0 Å². The van der Waals surface area contributed by atoms with Crippen LogP contribution in [0.1, 0.15) is 16.7 Å². The van der Waals surface area contributed by atoms with Gasteiger partial charge in [0, 0.05) is 0 Å². The monoisotopic (exact) mass is 487 g/mol. The van der Waals surface area contributed by atoms with E-state index in [1.54, 1.807) is 18.3 Å². The molecule has 0 bridgehead atoms. The minimum absolute atomic E-state index is 0.0552. The number of hydrogen-bond acceptors (Lipinski definition) is 6. The number of benzene rings is 2. The van der Waals surface area contributed by atoms with E-state index in [9.17, 15) is 27.6 Å². The molecule has 2 aromatic heterocycles. The first-order valence-electron chi connectivity index (χ1n) is 9.96. The van der Waals surface area contributed by atoms with Gasteiger partial charge < -0.3 is 9.84 Å². The number of alkyl halides is 3. The molecule has 0 aliphatic rings. The first-order chi connectivity index (χ1) is 16.6. The molecule has 0 fully saturated rings. The standard InChI is InChI=1S/C22H16F3N5O5/c1-13-14(3-2-4-17(13)22(23,24)25)11-29-19(31)18(35-21(33)34)12-28(20(29)32)15-5-7-16(8-6-15)30-10-9-26-27-30/h2-10,12H,11H2,1H3,(H,33,34). The molecule has 1 N–H and O–H groups in total. The van der Waals surface area contributed by atoms with Gasteiger partial charge in [0.2, 0.25) is 5.75 Å². The zero-order valence-electron chi connectivity index (χ0n) is 17.9. The molecule has 0 aliphatic carbocycles. The van der Waals surface area contributed by atoms with E-state index in [-0.39, 0.29) is 16.8 Å². The SMILES string of the molecule is Cc1c(Cn2c(=O)c(OC(=O)O)cn(-c3ccc(-n4ccnn4)cc3)c2=O)cccc1C(F)(F)F. The van der Waals surface area contributed by atoms with Crippen LogP contribution in [0.4, 0.5) is 18.0 Å². The zero-order valence-corrected chi connectivity index (χ0v) is 17.9. The molecule has 0 amide bonds. The highest BCUT2D eigenvalue weighted by atomic mass is 19.4. The number of rotatable bonds is 5. The molecule has 0 aliphatic heterocycles. The smallest absolute Gasteiger partial charge is 0.449 e. The minimum Gasteiger partial charge on any atom is -0.449 e. The number of halogens is 3. The highest BCUT2D eigenvalue weighted by Gasteiger charge is 2.33. The Morgan fingerprint density at radius 2 is 1.77 bits per heavy atom. The van der Waals surface area contributed by atoms with Crippen LogP contribution in [-0.4, -0.2) is 35.4 Å². The lowest BCUT2D eigenvalue weighted by molar-refractivity contribution is -0.138. The van der Waals surface area contributed by atoms with Gasteiger partial charge >= 0.3 is 18.0 Å². The molecule has 13 heteroatoms. The molecule has 2 heterocycles. The Kier molecular flexibility index (Phi) is 5.99. The molecule has 4 aromatic rings. The normalized spacial score (nSPS) is 11.4. The van der Waals surface area contributed by atoms with Crippen LogP contribution in [0.25, 0.3) is 11.4 Å². The maximum Gasteiger partial charge on any atom is 0.511 e. The first kappa shape index (κ1) is 23.5. The van der Waals surface area contributed by atoms with E-state index in [1.807, 2.05) is 0 Å². The largest absolute Gasteiger partial charge is 0.511 e. The lowest BCUT2D eigenvalue weighted by atomic mass is 10.0. The van der Waals surface area contributed by atoms with Gasteiger partial charge in [-0.15, -0.1) is 5.10 Å². The van der Waals surface area contributed by atoms with Crippen LogP contribution in [0.5, 0.6) is 5.75 Å². The summed E-state index contributed by atoms with van der Waals surface area (Å²) < 4.78 is 47.6. The van der Waals surface area contributed by atoms with Crippen molar-refractivity contribution in [3.63, 3.8) is 0 Å². The fraction of sp³-hybridized carbons (Fsp3) is 0.136. The third kappa shape index (κ3) is 4.69. The van der Waals surface area contributed by atoms with Crippen molar-refractivity contribution in [2.24, 2.45) is 0 Å². The predicted octanol–water partition coefficient (Wildman–Crippen LogP) is 3.01. The quantitative estimate of drug-likeness (QED) is 0.430. The van der Waals surface area contributed by atoms with E-state index in [1.165, 1.54) is 36.0 Å². The van der Waals surface area contributed by atoms with Gasteiger partial charge in [-0.1, -0.05) is 17.3 Å². The Balaban J connectivity index is 1.84. The van der Waals surface area contributed by atoms with Crippen LogP contribution < -0.4 is 16.0 Å². The highest BCUT2D eigenvalue weighted by Crippen LogP contribution is 2.33. The third-order valence-corrected chi connectivity index (χ3v) is 5.23. The van der Waals surface area contributed by atoms with Crippen LogP contribution in [0.3, 0.4) is 0 Å². The Hall–Kier alpha value is -4.68. The molecule has 35 heavy (non-hydrogen) atoms. The number of aromatic nitrogens is 5. The fourth-order valence-corrected chi connectivity index (χ4v) is 3.51. The molecule has 0 unspecified atom stereocenters. The van der Waals surface area contributed by atoms with Crippen molar-refractivity contribution in [1.82, 2.24) is 24.1 Å². The Labute approximate surface area is 194 Å². The summed E-state index contributed by atoms with van der Waals surface area (Å²) in [6, 6.07) is 9.61. The molecule has 0 spiro atoms. The van der Waals surface area contributed by atoms with Crippen molar-refractivity contribution in [1.29, 1.82) is 0 Å². The first-order valence-corrected chi connectivity index (χ1v) is 9.96. The summed E-state index contributed by atoms with van der Waals surface area (Å²) in [6.45, 7) is 0.684. The summed E-state index contributed by atoms with van der Waals surface area (Å²) in [5.41, 5.74) is -2.19. The molecule has 180 valence electrons. The van der Waals surface area contributed by atoms with Crippen molar-refractivity contribution < 1.29 is 27.8 Å². The summed E-state index contributed by atoms with van der Waals surface area (Å²) in [5.74, 6) is -0.693. The van der Waals surface area contributed by atoms with Gasteiger partial charge in [0.1, 0.15) is 0 Å². The molecular formula is C22H16F3N5O5. The van der Waals surface area contributed by atoms with Gasteiger partial charge in [-0.05, 0) is 48.4 Å². The topological polar surface area (TPSA) is 121 Å². The summed E-state index contributed by atoms with van der Waals surface area (Å²) in [5, 5.41) is 16.6. The van der Waals surface area contributed by atoms with Crippen LogP contribution in [0.15, 0.2) is 70.6 Å². The van der Waals surface area contributed by atoms with Crippen LogP contribution in [0.2, 0.25) is 0 Å². The highest BCUT2D eigenvalue weighted by molar-refractivity contribution is 5.60. The van der Waals surface area contributed by atoms with E-state index in [4.69, 9.17) is 5.11 Å². The summed E-state index contributed by atoms with van der Waals surface area (Å²) >= 11 is 0. The molecule has 0 saturated carbocycles. The summed E-state index contributed by atoms with van der Waals surface area (Å²) in [7, 11) is 0. The molecule has 0 atom stereocenters. The van der Waals surface area contributed by atoms with Gasteiger partial charge in [-0.3, -0.25) is 13.9 Å². The summed E-state index contributed by atoms with van der Waals surface area (Å²) in [4.78, 5) is 37.2. The van der Waals surface area contributed by atoms with E-state index in [2.05, 4.69) is 15.0 Å². The van der Waals surface area contributed by atoms with Crippen LogP contribution >= 0.6 is 0 Å². The van der Waals surface area contributed by atoms with Crippen molar-refractivity contribution in [2.75, 3.05) is 0 Å². The van der Waals surface area contributed by atoms with E-state index in [0.717, 1.165) is 22.9 Å². The second-order valence-electron chi connectivity index (χ2n) is 7.36. The van der Waals surface area contributed by atoms with Crippen LogP contribution in [-0.2, 0) is 12.7 Å². The molecular weight excluding hydrogens is 471 g/mol. The van der Waals surface area contributed by atoms with Crippen molar-refractivity contribution in [3.05, 3.63) is 98.6 Å². The summed E-state index contributed by atoms with van der Waals surface area (Å²) in [6.07, 6.45) is -2.45. The van der Waals surface area contributed by atoms with Crippen molar-refractivity contribution in [3.8, 4) is 17.1 Å². The van der Waals surface area contributed by atoms with Gasteiger partial charge in [-0.25, -0.2) is 14.3 Å². The van der Waals surface area contributed by atoms with Gasteiger partial charge in [0.25, 0.3) is 5.56 Å². The van der Waals surface area contributed by atoms with E-state index in [0.29, 0.717) is 10.3 Å². The van der Waals surface area contributed by atoms with Gasteiger partial charge in [0.15, 0.2) is 0 Å². The fourth-order valence-electron chi connectivity index (χ4n) is 3.51. The molecule has 4 rings (SSSR count). The average Bonchev–Trinajstić information content (AvgIpc) is 3.34. The van der Waals surface area contributed by atoms with Crippen LogP contribution in [0, 0.1) is 6.92 Å². The Morgan fingerprint density at radius 3 is 2.37 bits per heavy atom. The number of hydrogen-bond donors (Lipinski definition) is 1. The lowest BCUT2D eigenvalue weighted by Gasteiger charge is -2.16. The van der Waals surface area contributed by atoms with Crippen molar-refractivity contribution in [2.45, 2.75) is 19.6 Å². The second kappa shape index (κ2) is 8.93. The zero-order chi connectivity index (χ0) is 25.3. The van der Waals surface area contributed by atoms with Crippen molar-refractivity contribution >= 4 is 6.16 Å².